The van der Waals surface area contributed by atoms with Crippen LogP contribution in [-0.2, 0) is 16.3 Å². The summed E-state index contributed by atoms with van der Waals surface area (Å²) in [4.78, 5) is 0.315. The van der Waals surface area contributed by atoms with Gasteiger partial charge in [0, 0.05) is 6.54 Å². The Morgan fingerprint density at radius 3 is 2.56 bits per heavy atom. The van der Waals surface area contributed by atoms with Gasteiger partial charge in [0.05, 0.1) is 17.8 Å². The molecule has 0 unspecified atom stereocenters. The Labute approximate surface area is 96.3 Å². The predicted molar refractivity (Wildman–Crippen MR) is 63.5 cm³/mol. The smallest absolute Gasteiger partial charge is 0.179 e. The third kappa shape index (κ3) is 2.74. The summed E-state index contributed by atoms with van der Waals surface area (Å²) in [6, 6.07) is 4.90. The first-order valence-corrected chi connectivity index (χ1v) is 6.80. The second kappa shape index (κ2) is 5.32. The van der Waals surface area contributed by atoms with Gasteiger partial charge >= 0.3 is 0 Å². The second-order valence-electron chi connectivity index (χ2n) is 3.43. The van der Waals surface area contributed by atoms with Gasteiger partial charge in [-0.25, -0.2) is 8.42 Å². The van der Waals surface area contributed by atoms with Crippen molar-refractivity contribution in [2.75, 3.05) is 19.4 Å². The molecule has 0 atom stereocenters. The molecule has 16 heavy (non-hydrogen) atoms. The maximum Gasteiger partial charge on any atom is 0.179 e. The summed E-state index contributed by atoms with van der Waals surface area (Å²) in [5.74, 6) is 0.692. The van der Waals surface area contributed by atoms with Gasteiger partial charge in [0.1, 0.15) is 5.75 Å². The molecule has 0 spiro atoms. The number of nitrogens with two attached hydrogens (primary N) is 1. The standard InChI is InChI=1S/C11H17NO3S/c1-3-9-8-10(4-5-11(9)15-2)16(13,14)7-6-12/h4-5,8H,3,6-7,12H2,1-2H3. The van der Waals surface area contributed by atoms with Gasteiger partial charge in [0.15, 0.2) is 9.84 Å². The van der Waals surface area contributed by atoms with Gasteiger partial charge in [-0.1, -0.05) is 6.92 Å². The van der Waals surface area contributed by atoms with Gasteiger partial charge < -0.3 is 10.5 Å². The van der Waals surface area contributed by atoms with Crippen LogP contribution in [-0.4, -0.2) is 27.8 Å². The molecule has 1 aromatic rings. The van der Waals surface area contributed by atoms with Crippen molar-refractivity contribution in [2.45, 2.75) is 18.2 Å². The molecule has 1 aromatic carbocycles. The maximum absolute atomic E-state index is 11.8. The van der Waals surface area contributed by atoms with Crippen molar-refractivity contribution in [1.82, 2.24) is 0 Å². The number of hydrogen-bond acceptors (Lipinski definition) is 4. The molecule has 90 valence electrons. The second-order valence-corrected chi connectivity index (χ2v) is 5.54. The molecule has 0 aliphatic carbocycles. The maximum atomic E-state index is 11.8. The Hall–Kier alpha value is -1.07. The van der Waals surface area contributed by atoms with Crippen molar-refractivity contribution in [3.05, 3.63) is 23.8 Å². The summed E-state index contributed by atoms with van der Waals surface area (Å²) in [6.07, 6.45) is 0.731. The SMILES string of the molecule is CCc1cc(S(=O)(=O)CCN)ccc1OC. The summed E-state index contributed by atoms with van der Waals surface area (Å²) in [5, 5.41) is 0. The molecular formula is C11H17NO3S. The van der Waals surface area contributed by atoms with Crippen molar-refractivity contribution in [3.8, 4) is 5.75 Å². The first kappa shape index (κ1) is 13.0. The summed E-state index contributed by atoms with van der Waals surface area (Å²) in [6.45, 7) is 2.09. The van der Waals surface area contributed by atoms with E-state index in [9.17, 15) is 8.42 Å². The molecule has 0 heterocycles. The van der Waals surface area contributed by atoms with Gasteiger partial charge in [0.25, 0.3) is 0 Å². The fourth-order valence-corrected chi connectivity index (χ4v) is 2.64. The van der Waals surface area contributed by atoms with Crippen molar-refractivity contribution >= 4 is 9.84 Å². The topological polar surface area (TPSA) is 69.4 Å². The van der Waals surface area contributed by atoms with Crippen LogP contribution in [0, 0.1) is 0 Å². The number of rotatable bonds is 5. The third-order valence-corrected chi connectivity index (χ3v) is 4.12. The quantitative estimate of drug-likeness (QED) is 0.837. The van der Waals surface area contributed by atoms with E-state index in [0.29, 0.717) is 10.6 Å². The van der Waals surface area contributed by atoms with Gasteiger partial charge in [-0.15, -0.1) is 0 Å². The Balaban J connectivity index is 3.18. The number of aryl methyl sites for hydroxylation is 1. The van der Waals surface area contributed by atoms with Crippen LogP contribution in [0.4, 0.5) is 0 Å². The molecule has 0 saturated carbocycles. The molecule has 0 aliphatic rings. The van der Waals surface area contributed by atoms with E-state index in [1.807, 2.05) is 6.92 Å². The zero-order valence-electron chi connectivity index (χ0n) is 9.56. The van der Waals surface area contributed by atoms with E-state index in [4.69, 9.17) is 10.5 Å². The van der Waals surface area contributed by atoms with E-state index in [2.05, 4.69) is 0 Å². The minimum Gasteiger partial charge on any atom is -0.496 e. The molecule has 5 heteroatoms. The summed E-state index contributed by atoms with van der Waals surface area (Å²) < 4.78 is 28.7. The minimum absolute atomic E-state index is 0.0253. The molecule has 2 N–H and O–H groups in total. The van der Waals surface area contributed by atoms with Crippen LogP contribution >= 0.6 is 0 Å². The average molecular weight is 243 g/mol. The third-order valence-electron chi connectivity index (χ3n) is 2.38. The number of hydrogen-bond donors (Lipinski definition) is 1. The molecule has 0 amide bonds. The van der Waals surface area contributed by atoms with E-state index in [1.165, 1.54) is 0 Å². The lowest BCUT2D eigenvalue weighted by Gasteiger charge is -2.09. The average Bonchev–Trinajstić information content (AvgIpc) is 2.28. The molecule has 4 nitrogen and oxygen atoms in total. The molecule has 0 fully saturated rings. The lowest BCUT2D eigenvalue weighted by molar-refractivity contribution is 0.409. The van der Waals surface area contributed by atoms with Gasteiger partial charge in [-0.05, 0) is 30.2 Å². The summed E-state index contributed by atoms with van der Waals surface area (Å²) >= 11 is 0. The number of methoxy groups -OCH3 is 1. The summed E-state index contributed by atoms with van der Waals surface area (Å²) in [7, 11) is -1.68. The molecule has 0 radical (unpaired) electrons. The number of ether oxygens (including phenoxy) is 1. The van der Waals surface area contributed by atoms with Crippen molar-refractivity contribution in [1.29, 1.82) is 0 Å². The Bertz CT molecular complexity index is 454. The highest BCUT2D eigenvalue weighted by Gasteiger charge is 2.15. The monoisotopic (exact) mass is 243 g/mol. The lowest BCUT2D eigenvalue weighted by Crippen LogP contribution is -2.16. The van der Waals surface area contributed by atoms with Crippen LogP contribution < -0.4 is 10.5 Å². The normalized spacial score (nSPS) is 11.4. The van der Waals surface area contributed by atoms with E-state index in [0.717, 1.165) is 12.0 Å². The van der Waals surface area contributed by atoms with E-state index in [-0.39, 0.29) is 12.3 Å². The van der Waals surface area contributed by atoms with Crippen molar-refractivity contribution in [3.63, 3.8) is 0 Å². The van der Waals surface area contributed by atoms with E-state index >= 15 is 0 Å². The van der Waals surface area contributed by atoms with Crippen LogP contribution in [0.3, 0.4) is 0 Å². The van der Waals surface area contributed by atoms with E-state index in [1.54, 1.807) is 25.3 Å². The molecule has 0 aliphatic heterocycles. The largest absolute Gasteiger partial charge is 0.496 e. The van der Waals surface area contributed by atoms with Crippen LogP contribution in [0.15, 0.2) is 23.1 Å². The van der Waals surface area contributed by atoms with E-state index < -0.39 is 9.84 Å². The molecule has 0 aromatic heterocycles. The highest BCUT2D eigenvalue weighted by molar-refractivity contribution is 7.91. The first-order valence-electron chi connectivity index (χ1n) is 5.15. The Morgan fingerprint density at radius 1 is 1.38 bits per heavy atom. The first-order chi connectivity index (χ1) is 7.55. The fourth-order valence-electron chi connectivity index (χ4n) is 1.50. The number of sulfone groups is 1. The molecular weight excluding hydrogens is 226 g/mol. The highest BCUT2D eigenvalue weighted by Crippen LogP contribution is 2.23. The highest BCUT2D eigenvalue weighted by atomic mass is 32.2. The minimum atomic E-state index is -3.25. The number of benzene rings is 1. The van der Waals surface area contributed by atoms with Gasteiger partial charge in [-0.3, -0.25) is 0 Å². The lowest BCUT2D eigenvalue weighted by atomic mass is 10.1. The van der Waals surface area contributed by atoms with Gasteiger partial charge in [0.2, 0.25) is 0 Å². The fraction of sp³-hybridized carbons (Fsp3) is 0.455. The zero-order valence-corrected chi connectivity index (χ0v) is 10.4. The Morgan fingerprint density at radius 2 is 2.06 bits per heavy atom. The van der Waals surface area contributed by atoms with Crippen LogP contribution in [0.25, 0.3) is 0 Å². The van der Waals surface area contributed by atoms with Crippen molar-refractivity contribution in [2.24, 2.45) is 5.73 Å². The van der Waals surface area contributed by atoms with Crippen LogP contribution in [0.2, 0.25) is 0 Å². The summed E-state index contributed by atoms with van der Waals surface area (Å²) in [5.41, 5.74) is 6.16. The molecule has 0 bridgehead atoms. The van der Waals surface area contributed by atoms with Crippen molar-refractivity contribution < 1.29 is 13.2 Å². The predicted octanol–water partition coefficient (Wildman–Crippen LogP) is 0.990. The molecule has 1 rings (SSSR count). The van der Waals surface area contributed by atoms with Crippen LogP contribution in [0.5, 0.6) is 5.75 Å². The van der Waals surface area contributed by atoms with Crippen LogP contribution in [0.1, 0.15) is 12.5 Å². The molecule has 0 saturated heterocycles. The zero-order chi connectivity index (χ0) is 12.2. The van der Waals surface area contributed by atoms with Gasteiger partial charge in [-0.2, -0.15) is 0 Å². The Kier molecular flexibility index (Phi) is 4.32.